The largest absolute Gasteiger partial charge is 0.472 e. The van der Waals surface area contributed by atoms with Gasteiger partial charge in [0.15, 0.2) is 0 Å². The highest BCUT2D eigenvalue weighted by Gasteiger charge is 2.34. The van der Waals surface area contributed by atoms with E-state index in [4.69, 9.17) is 4.74 Å². The van der Waals surface area contributed by atoms with Crippen LogP contribution in [0.1, 0.15) is 42.3 Å². The number of nitrogens with zero attached hydrogens (tertiary/aromatic N) is 3. The maximum Gasteiger partial charge on any atom is 0.259 e. The number of likely N-dealkylation sites (N-methyl/N-ethyl adjacent to an activating group) is 1. The number of aliphatic hydroxyl groups excluding tert-OH is 1. The van der Waals surface area contributed by atoms with Crippen molar-refractivity contribution in [1.29, 1.82) is 0 Å². The van der Waals surface area contributed by atoms with E-state index in [1.807, 2.05) is 40.0 Å². The van der Waals surface area contributed by atoms with E-state index in [9.17, 15) is 14.3 Å². The number of amides is 1. The molecule has 172 valence electrons. The van der Waals surface area contributed by atoms with Gasteiger partial charge in [0, 0.05) is 31.7 Å². The van der Waals surface area contributed by atoms with Crippen LogP contribution in [0, 0.1) is 11.7 Å². The van der Waals surface area contributed by atoms with E-state index in [0.717, 1.165) is 11.1 Å². The smallest absolute Gasteiger partial charge is 0.259 e. The number of rotatable bonds is 7. The van der Waals surface area contributed by atoms with Crippen molar-refractivity contribution in [3.63, 3.8) is 0 Å². The molecule has 1 aliphatic heterocycles. The number of hydrogen-bond acceptors (Lipinski definition) is 5. The van der Waals surface area contributed by atoms with Crippen LogP contribution in [0.25, 0.3) is 6.08 Å². The van der Waals surface area contributed by atoms with Crippen LogP contribution in [0.3, 0.4) is 0 Å². The highest BCUT2D eigenvalue weighted by atomic mass is 19.1. The number of aliphatic hydroxyl groups is 1. The molecule has 0 bridgehead atoms. The van der Waals surface area contributed by atoms with Gasteiger partial charge in [-0.25, -0.2) is 9.37 Å². The van der Waals surface area contributed by atoms with Gasteiger partial charge in [0.1, 0.15) is 17.5 Å². The minimum absolute atomic E-state index is 0.00813. The number of pyridine rings is 1. The summed E-state index contributed by atoms with van der Waals surface area (Å²) in [6.07, 6.45) is 5.25. The summed E-state index contributed by atoms with van der Waals surface area (Å²) in [7, 11) is 1.99. The lowest BCUT2D eigenvalue weighted by atomic mass is 9.99. The summed E-state index contributed by atoms with van der Waals surface area (Å²) < 4.78 is 19.5. The monoisotopic (exact) mass is 441 g/mol. The number of allylic oxidation sites excluding steroid dienone is 1. The first kappa shape index (κ1) is 23.9. The van der Waals surface area contributed by atoms with Crippen molar-refractivity contribution in [3.05, 3.63) is 65.1 Å². The van der Waals surface area contributed by atoms with Crippen molar-refractivity contribution in [2.75, 3.05) is 26.7 Å². The molecule has 6 nitrogen and oxygen atoms in total. The number of fused-ring (bicyclic) bond motifs is 1. The van der Waals surface area contributed by atoms with Gasteiger partial charge in [-0.1, -0.05) is 31.2 Å². The predicted molar refractivity (Wildman–Crippen MR) is 123 cm³/mol. The molecule has 0 spiro atoms. The minimum atomic E-state index is -0.320. The summed E-state index contributed by atoms with van der Waals surface area (Å²) in [5.41, 5.74) is 2.23. The lowest BCUT2D eigenvalue weighted by Crippen LogP contribution is -2.49. The van der Waals surface area contributed by atoms with Gasteiger partial charge in [0.05, 0.1) is 12.6 Å². The van der Waals surface area contributed by atoms with Crippen LogP contribution in [-0.2, 0) is 6.54 Å². The Morgan fingerprint density at radius 3 is 2.75 bits per heavy atom. The van der Waals surface area contributed by atoms with Crippen molar-refractivity contribution < 1.29 is 19.0 Å². The van der Waals surface area contributed by atoms with Gasteiger partial charge in [-0.2, -0.15) is 0 Å². The van der Waals surface area contributed by atoms with Gasteiger partial charge >= 0.3 is 0 Å². The van der Waals surface area contributed by atoms with Crippen LogP contribution in [-0.4, -0.2) is 64.7 Å². The number of benzene rings is 1. The SMILES string of the molecule is C/C=C/c1cnc2c(c1)C(=O)N([C@H](C)CO)C[C@@H](C)[C@H](CN(C)Cc1ccc(F)cc1)O2. The van der Waals surface area contributed by atoms with Gasteiger partial charge < -0.3 is 14.7 Å². The molecule has 1 amide bonds. The second-order valence-electron chi connectivity index (χ2n) is 8.57. The number of carbonyl (C=O) groups is 1. The Bertz CT molecular complexity index is 948. The van der Waals surface area contributed by atoms with Crippen LogP contribution in [0.5, 0.6) is 5.88 Å². The van der Waals surface area contributed by atoms with E-state index in [-0.39, 0.29) is 36.4 Å². The summed E-state index contributed by atoms with van der Waals surface area (Å²) in [4.78, 5) is 21.6. The maximum atomic E-state index is 13.3. The molecule has 0 radical (unpaired) electrons. The zero-order chi connectivity index (χ0) is 23.3. The highest BCUT2D eigenvalue weighted by Crippen LogP contribution is 2.28. The third kappa shape index (κ3) is 5.72. The molecule has 1 N–H and O–H groups in total. The molecule has 3 atom stereocenters. The molecule has 0 unspecified atom stereocenters. The van der Waals surface area contributed by atoms with Gasteiger partial charge in [0.2, 0.25) is 5.88 Å². The number of hydrogen-bond donors (Lipinski definition) is 1. The number of aromatic nitrogens is 1. The van der Waals surface area contributed by atoms with Crippen molar-refractivity contribution in [1.82, 2.24) is 14.8 Å². The Labute approximate surface area is 189 Å². The average Bonchev–Trinajstić information content (AvgIpc) is 2.77. The molecule has 2 heterocycles. The van der Waals surface area contributed by atoms with Crippen LogP contribution >= 0.6 is 0 Å². The zero-order valence-corrected chi connectivity index (χ0v) is 19.2. The van der Waals surface area contributed by atoms with E-state index in [1.165, 1.54) is 12.1 Å². The third-order valence-corrected chi connectivity index (χ3v) is 5.76. The normalized spacial score (nSPS) is 20.1. The third-order valence-electron chi connectivity index (χ3n) is 5.76. The first-order chi connectivity index (χ1) is 15.3. The maximum absolute atomic E-state index is 13.3. The van der Waals surface area contributed by atoms with Gasteiger partial charge in [-0.05, 0) is 50.2 Å². The Kier molecular flexibility index (Phi) is 7.99. The van der Waals surface area contributed by atoms with Crippen LogP contribution in [0.2, 0.25) is 0 Å². The Morgan fingerprint density at radius 1 is 1.38 bits per heavy atom. The van der Waals surface area contributed by atoms with E-state index in [0.29, 0.717) is 31.1 Å². The standard InChI is InChI=1S/C25H32FN3O3/c1-5-6-20-11-22-24(27-12-20)32-23(17(2)13-29(25(22)31)18(3)16-30)15-28(4)14-19-7-9-21(26)10-8-19/h5-12,17-18,23,30H,13-16H2,1-4H3/b6-5+/t17-,18-,23+/m1/s1. The van der Waals surface area contributed by atoms with Gasteiger partial charge in [0.25, 0.3) is 5.91 Å². The molecule has 0 aliphatic carbocycles. The molecule has 1 aromatic carbocycles. The van der Waals surface area contributed by atoms with E-state index >= 15 is 0 Å². The second-order valence-corrected chi connectivity index (χ2v) is 8.57. The molecule has 1 aliphatic rings. The molecule has 7 heteroatoms. The van der Waals surface area contributed by atoms with E-state index < -0.39 is 0 Å². The minimum Gasteiger partial charge on any atom is -0.472 e. The van der Waals surface area contributed by atoms with Crippen molar-refractivity contribution in [2.24, 2.45) is 5.92 Å². The van der Waals surface area contributed by atoms with Crippen molar-refractivity contribution in [3.8, 4) is 5.88 Å². The van der Waals surface area contributed by atoms with Crippen LogP contribution in [0.15, 0.2) is 42.6 Å². The predicted octanol–water partition coefficient (Wildman–Crippen LogP) is 3.61. The molecule has 3 rings (SSSR count). The summed E-state index contributed by atoms with van der Waals surface area (Å²) in [6, 6.07) is 7.94. The quantitative estimate of drug-likeness (QED) is 0.711. The first-order valence-corrected chi connectivity index (χ1v) is 11.0. The molecule has 0 saturated heterocycles. The number of halogens is 1. The van der Waals surface area contributed by atoms with Gasteiger partial charge in [-0.15, -0.1) is 0 Å². The average molecular weight is 442 g/mol. The van der Waals surface area contributed by atoms with Crippen molar-refractivity contribution >= 4 is 12.0 Å². The molecular weight excluding hydrogens is 409 g/mol. The molecule has 2 aromatic rings. The number of carbonyl (C=O) groups excluding carboxylic acids is 1. The summed E-state index contributed by atoms with van der Waals surface area (Å²) in [5.74, 6) is -0.125. The summed E-state index contributed by atoms with van der Waals surface area (Å²) >= 11 is 0. The fourth-order valence-electron chi connectivity index (χ4n) is 3.89. The zero-order valence-electron chi connectivity index (χ0n) is 19.2. The first-order valence-electron chi connectivity index (χ1n) is 11.0. The molecule has 0 saturated carbocycles. The summed E-state index contributed by atoms with van der Waals surface area (Å²) in [5, 5.41) is 9.75. The van der Waals surface area contributed by atoms with Crippen molar-refractivity contribution in [2.45, 2.75) is 39.5 Å². The molecule has 32 heavy (non-hydrogen) atoms. The second kappa shape index (κ2) is 10.7. The van der Waals surface area contributed by atoms with E-state index in [2.05, 4.69) is 9.88 Å². The fraction of sp³-hybridized carbons (Fsp3) is 0.440. The van der Waals surface area contributed by atoms with E-state index in [1.54, 1.807) is 29.3 Å². The summed E-state index contributed by atoms with van der Waals surface area (Å²) in [6.45, 7) is 7.37. The lowest BCUT2D eigenvalue weighted by molar-refractivity contribution is 0.0325. The Balaban J connectivity index is 1.88. The highest BCUT2D eigenvalue weighted by molar-refractivity contribution is 5.97. The molecule has 1 aromatic heterocycles. The fourth-order valence-corrected chi connectivity index (χ4v) is 3.89. The topological polar surface area (TPSA) is 65.9 Å². The Hall–Kier alpha value is -2.77. The molecular formula is C25H32FN3O3. The van der Waals surface area contributed by atoms with Crippen LogP contribution < -0.4 is 4.74 Å². The van der Waals surface area contributed by atoms with Gasteiger partial charge in [-0.3, -0.25) is 9.69 Å². The Morgan fingerprint density at radius 2 is 2.09 bits per heavy atom. The number of ether oxygens (including phenoxy) is 1. The lowest BCUT2D eigenvalue weighted by Gasteiger charge is -2.37. The molecule has 0 fully saturated rings. The van der Waals surface area contributed by atoms with Crippen LogP contribution in [0.4, 0.5) is 4.39 Å².